The summed E-state index contributed by atoms with van der Waals surface area (Å²) in [6, 6.07) is 0.255. The molecule has 0 saturated carbocycles. The Morgan fingerprint density at radius 1 is 1.35 bits per heavy atom. The van der Waals surface area contributed by atoms with Gasteiger partial charge in [-0.1, -0.05) is 27.7 Å². The molecule has 2 atom stereocenters. The average molecular weight is 284 g/mol. The normalized spacial score (nSPS) is 24.6. The van der Waals surface area contributed by atoms with Gasteiger partial charge in [-0.2, -0.15) is 0 Å². The van der Waals surface area contributed by atoms with Gasteiger partial charge in [0.1, 0.15) is 0 Å². The molecule has 0 aliphatic carbocycles. The van der Waals surface area contributed by atoms with Crippen LogP contribution in [0, 0.1) is 11.3 Å². The maximum absolute atomic E-state index is 12.1. The Morgan fingerprint density at radius 2 is 2.05 bits per heavy atom. The molecule has 20 heavy (non-hydrogen) atoms. The number of hydrogen-bond acceptors (Lipinski definition) is 3. The zero-order valence-corrected chi connectivity index (χ0v) is 13.6. The van der Waals surface area contributed by atoms with Crippen LogP contribution in [-0.2, 0) is 4.79 Å². The third-order valence-electron chi connectivity index (χ3n) is 3.94. The van der Waals surface area contributed by atoms with E-state index in [9.17, 15) is 4.79 Å². The van der Waals surface area contributed by atoms with Gasteiger partial charge in [-0.3, -0.25) is 4.79 Å². The van der Waals surface area contributed by atoms with Crippen LogP contribution in [0.1, 0.15) is 53.4 Å². The Kier molecular flexibility index (Phi) is 6.96. The molecule has 0 radical (unpaired) electrons. The molecule has 1 fully saturated rings. The molecule has 0 aromatic rings. The van der Waals surface area contributed by atoms with Gasteiger partial charge >= 0.3 is 0 Å². The van der Waals surface area contributed by atoms with Crippen LogP contribution in [0.2, 0.25) is 0 Å². The number of rotatable bonds is 6. The quantitative estimate of drug-likeness (QED) is 0.784. The number of nitrogens with zero attached hydrogens (tertiary/aromatic N) is 1. The summed E-state index contributed by atoms with van der Waals surface area (Å²) in [6.07, 6.45) is 4.11. The van der Waals surface area contributed by atoms with Gasteiger partial charge in [0.2, 0.25) is 5.91 Å². The highest BCUT2D eigenvalue weighted by atomic mass is 16.2. The van der Waals surface area contributed by atoms with E-state index < -0.39 is 0 Å². The summed E-state index contributed by atoms with van der Waals surface area (Å²) in [5.41, 5.74) is -0.326. The number of likely N-dealkylation sites (tertiary alicyclic amines) is 1. The summed E-state index contributed by atoms with van der Waals surface area (Å²) < 4.78 is 0. The van der Waals surface area contributed by atoms with Gasteiger partial charge in [-0.05, 0) is 38.1 Å². The lowest BCUT2D eigenvalue weighted by atomic mass is 9.89. The number of aliphatic hydroxyl groups excluding tert-OH is 1. The van der Waals surface area contributed by atoms with E-state index in [0.29, 0.717) is 5.92 Å². The van der Waals surface area contributed by atoms with Crippen LogP contribution in [0.5, 0.6) is 0 Å². The number of aliphatic hydroxyl groups is 1. The average Bonchev–Trinajstić information content (AvgIpc) is 2.35. The van der Waals surface area contributed by atoms with Crippen molar-refractivity contribution in [2.75, 3.05) is 26.2 Å². The van der Waals surface area contributed by atoms with E-state index in [0.717, 1.165) is 45.3 Å². The SMILES string of the molecule is CCCN1CC(CCCO)CC(NC(=O)C(C)(C)C)C1. The largest absolute Gasteiger partial charge is 0.396 e. The Hall–Kier alpha value is -0.610. The van der Waals surface area contributed by atoms with Crippen molar-refractivity contribution in [3.05, 3.63) is 0 Å². The van der Waals surface area contributed by atoms with Gasteiger partial charge in [-0.25, -0.2) is 0 Å². The second-order valence-corrected chi connectivity index (χ2v) is 7.15. The lowest BCUT2D eigenvalue weighted by Crippen LogP contribution is -2.53. The molecule has 1 amide bonds. The summed E-state index contributed by atoms with van der Waals surface area (Å²) in [5, 5.41) is 12.2. The minimum atomic E-state index is -0.326. The number of nitrogens with one attached hydrogen (secondary N) is 1. The van der Waals surface area contributed by atoms with E-state index in [1.165, 1.54) is 0 Å². The molecule has 1 saturated heterocycles. The molecule has 1 rings (SSSR count). The number of piperidine rings is 1. The van der Waals surface area contributed by atoms with Gasteiger partial charge in [-0.15, -0.1) is 0 Å². The summed E-state index contributed by atoms with van der Waals surface area (Å²) in [7, 11) is 0. The van der Waals surface area contributed by atoms with Gasteiger partial charge in [0.15, 0.2) is 0 Å². The third kappa shape index (κ3) is 5.80. The highest BCUT2D eigenvalue weighted by molar-refractivity contribution is 5.81. The Labute approximate surface area is 123 Å². The molecule has 4 nitrogen and oxygen atoms in total. The zero-order valence-electron chi connectivity index (χ0n) is 13.6. The van der Waals surface area contributed by atoms with Crippen molar-refractivity contribution in [1.82, 2.24) is 10.2 Å². The molecule has 2 unspecified atom stereocenters. The van der Waals surface area contributed by atoms with Crippen LogP contribution in [0.4, 0.5) is 0 Å². The van der Waals surface area contributed by atoms with Crippen LogP contribution < -0.4 is 5.32 Å². The first kappa shape index (κ1) is 17.4. The van der Waals surface area contributed by atoms with Crippen LogP contribution in [0.25, 0.3) is 0 Å². The minimum absolute atomic E-state index is 0.141. The van der Waals surface area contributed by atoms with Gasteiger partial charge in [0, 0.05) is 31.2 Å². The predicted molar refractivity (Wildman–Crippen MR) is 82.5 cm³/mol. The van der Waals surface area contributed by atoms with Crippen molar-refractivity contribution in [1.29, 1.82) is 0 Å². The maximum Gasteiger partial charge on any atom is 0.225 e. The summed E-state index contributed by atoms with van der Waals surface area (Å²) >= 11 is 0. The second kappa shape index (κ2) is 7.99. The molecule has 4 heteroatoms. The zero-order chi connectivity index (χ0) is 15.2. The van der Waals surface area contributed by atoms with Crippen LogP contribution in [0.15, 0.2) is 0 Å². The molecule has 1 aliphatic rings. The summed E-state index contributed by atoms with van der Waals surface area (Å²) in [6.45, 7) is 11.5. The third-order valence-corrected chi connectivity index (χ3v) is 3.94. The predicted octanol–water partition coefficient (Wildman–Crippen LogP) is 2.02. The van der Waals surface area contributed by atoms with Crippen molar-refractivity contribution in [2.45, 2.75) is 59.4 Å². The van der Waals surface area contributed by atoms with Gasteiger partial charge in [0.25, 0.3) is 0 Å². The first-order chi connectivity index (χ1) is 9.36. The fourth-order valence-electron chi connectivity index (χ4n) is 2.90. The molecule has 1 heterocycles. The Balaban J connectivity index is 2.57. The van der Waals surface area contributed by atoms with Crippen LogP contribution >= 0.6 is 0 Å². The maximum atomic E-state index is 12.1. The smallest absolute Gasteiger partial charge is 0.225 e. The van der Waals surface area contributed by atoms with E-state index in [4.69, 9.17) is 5.11 Å². The molecule has 2 N–H and O–H groups in total. The summed E-state index contributed by atoms with van der Waals surface area (Å²) in [5.74, 6) is 0.731. The fourth-order valence-corrected chi connectivity index (χ4v) is 2.90. The molecule has 118 valence electrons. The number of carbonyl (C=O) groups is 1. The van der Waals surface area contributed by atoms with Gasteiger partial charge in [0.05, 0.1) is 0 Å². The Morgan fingerprint density at radius 3 is 2.60 bits per heavy atom. The van der Waals surface area contributed by atoms with Crippen molar-refractivity contribution < 1.29 is 9.90 Å². The lowest BCUT2D eigenvalue weighted by molar-refractivity contribution is -0.129. The van der Waals surface area contributed by atoms with E-state index in [1.807, 2.05) is 20.8 Å². The van der Waals surface area contributed by atoms with Crippen molar-refractivity contribution in [3.8, 4) is 0 Å². The molecular formula is C16H32N2O2. The molecule has 0 bridgehead atoms. The van der Waals surface area contributed by atoms with Crippen LogP contribution in [0.3, 0.4) is 0 Å². The van der Waals surface area contributed by atoms with Crippen molar-refractivity contribution >= 4 is 5.91 Å². The number of amides is 1. The van der Waals surface area contributed by atoms with E-state index in [1.54, 1.807) is 0 Å². The highest BCUT2D eigenvalue weighted by Gasteiger charge is 2.30. The Bertz CT molecular complexity index is 299. The summed E-state index contributed by atoms with van der Waals surface area (Å²) in [4.78, 5) is 14.6. The molecule has 1 aliphatic heterocycles. The number of carbonyl (C=O) groups excluding carboxylic acids is 1. The van der Waals surface area contributed by atoms with Crippen molar-refractivity contribution in [3.63, 3.8) is 0 Å². The van der Waals surface area contributed by atoms with E-state index in [-0.39, 0.29) is 24.0 Å². The highest BCUT2D eigenvalue weighted by Crippen LogP contribution is 2.23. The fraction of sp³-hybridized carbons (Fsp3) is 0.938. The molecule has 0 aromatic carbocycles. The van der Waals surface area contributed by atoms with Crippen molar-refractivity contribution in [2.24, 2.45) is 11.3 Å². The lowest BCUT2D eigenvalue weighted by Gasteiger charge is -2.39. The first-order valence-corrected chi connectivity index (χ1v) is 8.01. The van der Waals surface area contributed by atoms with Gasteiger partial charge < -0.3 is 15.3 Å². The van der Waals surface area contributed by atoms with E-state index in [2.05, 4.69) is 17.1 Å². The number of hydrogen-bond donors (Lipinski definition) is 2. The topological polar surface area (TPSA) is 52.6 Å². The second-order valence-electron chi connectivity index (χ2n) is 7.15. The standard InChI is InChI=1S/C16H32N2O2/c1-5-8-18-11-13(7-6-9-19)10-14(12-18)17-15(20)16(2,3)4/h13-14,19H,5-12H2,1-4H3,(H,17,20). The monoisotopic (exact) mass is 284 g/mol. The van der Waals surface area contributed by atoms with Crippen LogP contribution in [-0.4, -0.2) is 48.2 Å². The van der Waals surface area contributed by atoms with E-state index >= 15 is 0 Å². The molecular weight excluding hydrogens is 252 g/mol. The first-order valence-electron chi connectivity index (χ1n) is 8.01. The minimum Gasteiger partial charge on any atom is -0.396 e. The molecule has 0 spiro atoms. The molecule has 0 aromatic heterocycles.